The Morgan fingerprint density at radius 2 is 1.42 bits per heavy atom. The molecule has 2 aliphatic carbocycles. The van der Waals surface area contributed by atoms with Crippen LogP contribution in [0.3, 0.4) is 0 Å². The number of hydrogen-bond donors (Lipinski definition) is 1. The molecule has 3 heteroatoms. The van der Waals surface area contributed by atoms with Crippen molar-refractivity contribution in [1.82, 2.24) is 2.45 Å². The summed E-state index contributed by atoms with van der Waals surface area (Å²) >= 11 is -2.23. The molecule has 0 saturated heterocycles. The van der Waals surface area contributed by atoms with Gasteiger partial charge in [0.05, 0.1) is 0 Å². The van der Waals surface area contributed by atoms with Crippen LogP contribution in [0.2, 0.25) is 5.46 Å². The standard InChI is InChI=1S/C6H13NO.2C5H5.Y/c1-3-5(4-2)6(7)8;2*1-2-4-5-3-1;/h5H,3-4H2,1-2H3,(H2,7,8);2*1-5H;/q;;;+1/p-1. The molecule has 0 aromatic carbocycles. The Morgan fingerprint density at radius 1 is 1.00 bits per heavy atom. The van der Waals surface area contributed by atoms with Gasteiger partial charge >= 0.3 is 128 Å². The third kappa shape index (κ3) is 3.76. The Labute approximate surface area is 127 Å². The van der Waals surface area contributed by atoms with Crippen molar-refractivity contribution in [3.8, 4) is 0 Å². The zero-order valence-corrected chi connectivity index (χ0v) is 14.6. The Balaban J connectivity index is 2.07. The molecule has 0 heterocycles. The molecule has 0 radical (unpaired) electrons. The summed E-state index contributed by atoms with van der Waals surface area (Å²) in [6, 6.07) is 0. The quantitative estimate of drug-likeness (QED) is 0.785. The van der Waals surface area contributed by atoms with Crippen LogP contribution in [0.15, 0.2) is 48.6 Å². The van der Waals surface area contributed by atoms with Crippen LogP contribution >= 0.6 is 0 Å². The molecule has 0 aliphatic heterocycles. The fourth-order valence-electron chi connectivity index (χ4n) is 2.77. The van der Waals surface area contributed by atoms with Crippen LogP contribution in [0.4, 0.5) is 0 Å². The molecular weight excluding hydrogens is 311 g/mol. The van der Waals surface area contributed by atoms with E-state index in [1.807, 2.05) is 0 Å². The molecule has 0 atom stereocenters. The van der Waals surface area contributed by atoms with Crippen molar-refractivity contribution in [2.75, 3.05) is 0 Å². The molecule has 100 valence electrons. The van der Waals surface area contributed by atoms with Crippen LogP contribution in [0.25, 0.3) is 0 Å². The van der Waals surface area contributed by atoms with Gasteiger partial charge in [0.2, 0.25) is 0 Å². The van der Waals surface area contributed by atoms with Gasteiger partial charge in [0.15, 0.2) is 0 Å². The van der Waals surface area contributed by atoms with Gasteiger partial charge in [0, 0.05) is 0 Å². The van der Waals surface area contributed by atoms with Crippen LogP contribution in [0.1, 0.15) is 26.7 Å². The Bertz CT molecular complexity index is 380. The van der Waals surface area contributed by atoms with Crippen molar-refractivity contribution in [3.05, 3.63) is 48.6 Å². The summed E-state index contributed by atoms with van der Waals surface area (Å²) in [6.45, 7) is 4.20. The second-order valence-corrected chi connectivity index (χ2v) is 12.3. The molecule has 0 fully saturated rings. The second kappa shape index (κ2) is 7.35. The van der Waals surface area contributed by atoms with E-state index < -0.39 is 27.8 Å². The minimum absolute atomic E-state index is 0.183. The minimum atomic E-state index is -2.23. The van der Waals surface area contributed by atoms with Crippen molar-refractivity contribution in [3.63, 3.8) is 0 Å². The van der Waals surface area contributed by atoms with Crippen LogP contribution in [-0.2, 0) is 32.6 Å². The number of hydrogen-bond acceptors (Lipinski definition) is 1. The van der Waals surface area contributed by atoms with E-state index in [0.717, 1.165) is 12.8 Å². The van der Waals surface area contributed by atoms with E-state index in [1.165, 1.54) is 0 Å². The zero-order valence-electron chi connectivity index (χ0n) is 11.8. The Hall–Kier alpha value is -0.466. The van der Waals surface area contributed by atoms with Gasteiger partial charge in [-0.05, 0) is 0 Å². The van der Waals surface area contributed by atoms with E-state index >= 15 is 0 Å². The molecule has 19 heavy (non-hydrogen) atoms. The summed E-state index contributed by atoms with van der Waals surface area (Å²) in [7, 11) is 0. The molecule has 0 saturated carbocycles. The van der Waals surface area contributed by atoms with E-state index in [-0.39, 0.29) is 11.8 Å². The summed E-state index contributed by atoms with van der Waals surface area (Å²) in [5.74, 6) is 0.469. The maximum absolute atomic E-state index is 12.4. The van der Waals surface area contributed by atoms with Gasteiger partial charge in [-0.25, -0.2) is 0 Å². The fourth-order valence-corrected chi connectivity index (χ4v) is 9.98. The number of carbonyl (C=O) groups is 1. The van der Waals surface area contributed by atoms with Gasteiger partial charge in [-0.1, -0.05) is 0 Å². The van der Waals surface area contributed by atoms with Crippen LogP contribution in [0, 0.1) is 5.92 Å². The van der Waals surface area contributed by atoms with Crippen molar-refractivity contribution in [2.45, 2.75) is 32.1 Å². The number of carbonyl (C=O) groups excluding carboxylic acids is 1. The predicted molar refractivity (Wildman–Crippen MR) is 76.3 cm³/mol. The van der Waals surface area contributed by atoms with Gasteiger partial charge in [0.25, 0.3) is 0 Å². The molecule has 0 aromatic heterocycles. The average molecular weight is 333 g/mol. The number of allylic oxidation sites excluding steroid dienone is 8. The number of rotatable bonds is 6. The van der Waals surface area contributed by atoms with Crippen LogP contribution in [0.5, 0.6) is 0 Å². The molecule has 0 unspecified atom stereocenters. The molecule has 2 nitrogen and oxygen atoms in total. The van der Waals surface area contributed by atoms with E-state index in [2.05, 4.69) is 64.9 Å². The first kappa shape index (κ1) is 14.9. The molecule has 0 spiro atoms. The first-order chi connectivity index (χ1) is 9.26. The normalized spacial score (nSPS) is 17.8. The second-order valence-electron chi connectivity index (χ2n) is 5.24. The van der Waals surface area contributed by atoms with Gasteiger partial charge in [0.1, 0.15) is 0 Å². The topological polar surface area (TPSA) is 29.1 Å². The molecule has 0 bridgehead atoms. The predicted octanol–water partition coefficient (Wildman–Crippen LogP) is 3.90. The fraction of sp³-hybridized carbons (Fsp3) is 0.438. The summed E-state index contributed by atoms with van der Waals surface area (Å²) in [4.78, 5) is 12.4. The Morgan fingerprint density at radius 3 is 1.79 bits per heavy atom. The van der Waals surface area contributed by atoms with Crippen molar-refractivity contribution in [1.29, 1.82) is 0 Å². The Kier molecular flexibility index (Phi) is 5.78. The SMILES string of the molecule is CCC(CC)C(=O)[NH][Y]([CH]1C=CC=C1)[CH]1C=CC=C1. The van der Waals surface area contributed by atoms with Crippen LogP contribution < -0.4 is 2.45 Å². The van der Waals surface area contributed by atoms with Gasteiger partial charge < -0.3 is 0 Å². The van der Waals surface area contributed by atoms with Crippen molar-refractivity contribution >= 4 is 5.91 Å². The molecule has 2 rings (SSSR count). The van der Waals surface area contributed by atoms with Gasteiger partial charge in [-0.15, -0.1) is 0 Å². The van der Waals surface area contributed by atoms with E-state index in [0.29, 0.717) is 5.46 Å². The van der Waals surface area contributed by atoms with Crippen molar-refractivity contribution in [2.24, 2.45) is 5.92 Å². The van der Waals surface area contributed by atoms with Crippen molar-refractivity contribution < 1.29 is 32.6 Å². The number of nitrogens with one attached hydrogen (secondary N) is 1. The maximum atomic E-state index is 12.4. The molecule has 1 N–H and O–H groups in total. The van der Waals surface area contributed by atoms with Gasteiger partial charge in [-0.2, -0.15) is 0 Å². The molecule has 2 aliphatic rings. The number of amides is 1. The van der Waals surface area contributed by atoms with Crippen LogP contribution in [-0.4, -0.2) is 5.91 Å². The van der Waals surface area contributed by atoms with Gasteiger partial charge in [-0.3, -0.25) is 0 Å². The summed E-state index contributed by atoms with van der Waals surface area (Å²) < 4.78 is 4.49. The molecular formula is C16H22NOY. The monoisotopic (exact) mass is 333 g/mol. The molecule has 0 aromatic rings. The first-order valence-electron chi connectivity index (χ1n) is 7.26. The zero-order chi connectivity index (χ0) is 13.7. The summed E-state index contributed by atoms with van der Waals surface area (Å²) in [5.41, 5.74) is 0. The van der Waals surface area contributed by atoms with E-state index in [4.69, 9.17) is 0 Å². The van der Waals surface area contributed by atoms with E-state index in [1.54, 1.807) is 0 Å². The molecule has 1 amide bonds. The first-order valence-corrected chi connectivity index (χ1v) is 12.0. The third-order valence-electron chi connectivity index (χ3n) is 4.05. The average Bonchev–Trinajstić information content (AvgIpc) is 3.11. The third-order valence-corrected chi connectivity index (χ3v) is 11.8. The van der Waals surface area contributed by atoms with E-state index in [9.17, 15) is 4.79 Å². The summed E-state index contributed by atoms with van der Waals surface area (Å²) in [5, 5.41) is 0. The summed E-state index contributed by atoms with van der Waals surface area (Å²) in [6.07, 6.45) is 19.4.